The average molecular weight is 411 g/mol. The molecule has 4 rings (SSSR count). The fourth-order valence-corrected chi connectivity index (χ4v) is 5.31. The number of rotatable bonds is 3. The van der Waals surface area contributed by atoms with E-state index in [9.17, 15) is 4.79 Å². The number of carbonyl (C=O) groups excluding carboxylic acids is 1. The van der Waals surface area contributed by atoms with Gasteiger partial charge in [-0.05, 0) is 54.6 Å². The van der Waals surface area contributed by atoms with Gasteiger partial charge in [0.2, 0.25) is 0 Å². The monoisotopic (exact) mass is 410 g/mol. The maximum atomic E-state index is 12.2. The molecule has 2 heterocycles. The molecule has 0 aromatic heterocycles. The summed E-state index contributed by atoms with van der Waals surface area (Å²) in [5.41, 5.74) is 1.22. The Kier molecular flexibility index (Phi) is 6.88. The van der Waals surface area contributed by atoms with Crippen molar-refractivity contribution in [3.8, 4) is 0 Å². The van der Waals surface area contributed by atoms with Crippen molar-refractivity contribution in [2.75, 3.05) is 6.61 Å². The van der Waals surface area contributed by atoms with Gasteiger partial charge in [-0.25, -0.2) is 4.99 Å². The summed E-state index contributed by atoms with van der Waals surface area (Å²) in [6.45, 7) is 0.891. The number of nitrogens with one attached hydrogen (secondary N) is 1. The summed E-state index contributed by atoms with van der Waals surface area (Å²) < 4.78 is 6.13. The number of para-hydroxylation sites is 1. The molecule has 0 radical (unpaired) electrons. The minimum Gasteiger partial charge on any atom is -0.374 e. The van der Waals surface area contributed by atoms with E-state index in [1.54, 1.807) is 0 Å². The van der Waals surface area contributed by atoms with Gasteiger partial charge in [0.1, 0.15) is 0 Å². The lowest BCUT2D eigenvalue weighted by Gasteiger charge is -2.26. The van der Waals surface area contributed by atoms with E-state index in [4.69, 9.17) is 4.74 Å². The minimum atomic E-state index is -0.0885. The number of hydrogen-bond acceptors (Lipinski definition) is 4. The highest BCUT2D eigenvalue weighted by molar-refractivity contribution is 8.18. The second kappa shape index (κ2) is 9.77. The Morgan fingerprint density at radius 1 is 1.07 bits per heavy atom. The Bertz CT molecular complexity index is 790. The van der Waals surface area contributed by atoms with Crippen molar-refractivity contribution < 1.29 is 9.53 Å². The molecule has 1 spiro atoms. The van der Waals surface area contributed by atoms with Crippen molar-refractivity contribution in [2.24, 2.45) is 10.4 Å². The van der Waals surface area contributed by atoms with Crippen LogP contribution in [0.25, 0.3) is 0 Å². The molecule has 1 unspecified atom stereocenters. The van der Waals surface area contributed by atoms with Gasteiger partial charge in [0.25, 0.3) is 5.91 Å². The average Bonchev–Trinajstić information content (AvgIpc) is 3.31. The van der Waals surface area contributed by atoms with Gasteiger partial charge in [-0.15, -0.1) is 0 Å². The van der Waals surface area contributed by atoms with Gasteiger partial charge in [-0.3, -0.25) is 4.79 Å². The van der Waals surface area contributed by atoms with E-state index in [1.807, 2.05) is 42.5 Å². The van der Waals surface area contributed by atoms with Gasteiger partial charge in [-0.2, -0.15) is 0 Å². The van der Waals surface area contributed by atoms with Gasteiger partial charge in [0.15, 0.2) is 5.17 Å². The van der Waals surface area contributed by atoms with Gasteiger partial charge in [0, 0.05) is 0 Å². The molecule has 2 aliphatic heterocycles. The van der Waals surface area contributed by atoms with Gasteiger partial charge >= 0.3 is 0 Å². The molecule has 2 saturated heterocycles. The van der Waals surface area contributed by atoms with Crippen molar-refractivity contribution in [3.63, 3.8) is 0 Å². The van der Waals surface area contributed by atoms with Gasteiger partial charge < -0.3 is 10.1 Å². The van der Waals surface area contributed by atoms with Crippen LogP contribution in [-0.4, -0.2) is 23.8 Å². The summed E-state index contributed by atoms with van der Waals surface area (Å²) >= 11 is 1.38. The maximum absolute atomic E-state index is 12.2. The first-order valence-electron chi connectivity index (χ1n) is 10.9. The van der Waals surface area contributed by atoms with Crippen LogP contribution in [0.4, 0.5) is 5.69 Å². The molecular formula is C24H30N2O2S. The molecule has 1 aliphatic carbocycles. The number of benzene rings is 1. The van der Waals surface area contributed by atoms with Crippen LogP contribution < -0.4 is 5.32 Å². The van der Waals surface area contributed by atoms with E-state index in [2.05, 4.69) is 16.4 Å². The van der Waals surface area contributed by atoms with E-state index < -0.39 is 0 Å². The predicted molar refractivity (Wildman–Crippen MR) is 120 cm³/mol. The van der Waals surface area contributed by atoms with Crippen molar-refractivity contribution in [1.82, 2.24) is 5.32 Å². The molecule has 3 fully saturated rings. The first kappa shape index (κ1) is 20.4. The molecule has 1 atom stereocenters. The third-order valence-corrected chi connectivity index (χ3v) is 7.04. The van der Waals surface area contributed by atoms with Crippen LogP contribution in [0, 0.1) is 5.41 Å². The first-order valence-corrected chi connectivity index (χ1v) is 11.7. The Morgan fingerprint density at radius 2 is 1.79 bits per heavy atom. The smallest absolute Gasteiger partial charge is 0.264 e. The fraction of sp³-hybridized carbons (Fsp3) is 0.500. The molecule has 154 valence electrons. The third kappa shape index (κ3) is 5.61. The second-order valence-corrected chi connectivity index (χ2v) is 9.43. The van der Waals surface area contributed by atoms with Crippen LogP contribution in [0.5, 0.6) is 0 Å². The van der Waals surface area contributed by atoms with E-state index in [1.165, 1.54) is 63.1 Å². The lowest BCUT2D eigenvalue weighted by atomic mass is 9.77. The third-order valence-electron chi connectivity index (χ3n) is 6.11. The van der Waals surface area contributed by atoms with Crippen LogP contribution in [0.15, 0.2) is 58.5 Å². The number of amides is 1. The standard InChI is InChI=1S/C24H30N2O2S/c27-22-21(29-23(26-22)25-19-11-6-5-7-12-19)14-10-13-20-17-24(18-28-20)15-8-3-1-2-4-9-16-24/h5-7,10-14,20H,1-4,8-9,15-18H2,(H,25,26,27)/b13-10+,21-14+. The highest BCUT2D eigenvalue weighted by atomic mass is 32.2. The lowest BCUT2D eigenvalue weighted by Crippen LogP contribution is -2.21. The Balaban J connectivity index is 1.34. The molecular weight excluding hydrogens is 380 g/mol. The van der Waals surface area contributed by atoms with E-state index in [0.717, 1.165) is 18.7 Å². The molecule has 1 aromatic rings. The predicted octanol–water partition coefficient (Wildman–Crippen LogP) is 5.89. The quantitative estimate of drug-likeness (QED) is 0.632. The fourth-order valence-electron chi connectivity index (χ4n) is 4.51. The Labute approximate surface area is 177 Å². The van der Waals surface area contributed by atoms with Crippen LogP contribution >= 0.6 is 11.8 Å². The zero-order valence-electron chi connectivity index (χ0n) is 16.9. The van der Waals surface area contributed by atoms with E-state index in [-0.39, 0.29) is 12.0 Å². The number of allylic oxidation sites excluding steroid dienone is 2. The maximum Gasteiger partial charge on any atom is 0.264 e. The highest BCUT2D eigenvalue weighted by Crippen LogP contribution is 2.43. The zero-order valence-corrected chi connectivity index (χ0v) is 17.8. The number of hydrogen-bond donors (Lipinski definition) is 1. The number of carbonyl (C=O) groups is 1. The van der Waals surface area contributed by atoms with Crippen molar-refractivity contribution in [3.05, 3.63) is 53.5 Å². The first-order chi connectivity index (χ1) is 14.2. The summed E-state index contributed by atoms with van der Waals surface area (Å²) in [7, 11) is 0. The Hall–Kier alpha value is -1.85. The SMILES string of the molecule is O=C1NC(=Nc2ccccc2)S/C1=C/C=C/C1CC2(CCCCCCCC2)CO1. The van der Waals surface area contributed by atoms with Crippen molar-refractivity contribution in [2.45, 2.75) is 63.9 Å². The number of ether oxygens (including phenoxy) is 1. The number of aliphatic imine (C=N–C) groups is 1. The molecule has 1 N–H and O–H groups in total. The lowest BCUT2D eigenvalue weighted by molar-refractivity contribution is -0.115. The molecule has 5 heteroatoms. The largest absolute Gasteiger partial charge is 0.374 e. The summed E-state index contributed by atoms with van der Waals surface area (Å²) in [6, 6.07) is 9.67. The molecule has 1 aromatic carbocycles. The molecule has 1 amide bonds. The van der Waals surface area contributed by atoms with Crippen LogP contribution in [0.1, 0.15) is 57.8 Å². The summed E-state index contributed by atoms with van der Waals surface area (Å²) in [5, 5.41) is 3.46. The van der Waals surface area contributed by atoms with Crippen LogP contribution in [0.3, 0.4) is 0 Å². The summed E-state index contributed by atoms with van der Waals surface area (Å²) in [5.74, 6) is -0.0885. The summed E-state index contributed by atoms with van der Waals surface area (Å²) in [4.78, 5) is 17.4. The van der Waals surface area contributed by atoms with E-state index >= 15 is 0 Å². The normalized spacial score (nSPS) is 28.0. The molecule has 1 saturated carbocycles. The van der Waals surface area contributed by atoms with Crippen molar-refractivity contribution in [1.29, 1.82) is 0 Å². The van der Waals surface area contributed by atoms with Crippen LogP contribution in [0.2, 0.25) is 0 Å². The highest BCUT2D eigenvalue weighted by Gasteiger charge is 2.38. The zero-order chi connectivity index (χ0) is 19.9. The van der Waals surface area contributed by atoms with Gasteiger partial charge in [0.05, 0.1) is 23.3 Å². The Morgan fingerprint density at radius 3 is 2.55 bits per heavy atom. The second-order valence-electron chi connectivity index (χ2n) is 8.40. The number of thioether (sulfide) groups is 1. The molecule has 0 bridgehead atoms. The number of nitrogens with zero attached hydrogens (tertiary/aromatic N) is 1. The summed E-state index contributed by atoms with van der Waals surface area (Å²) in [6.07, 6.45) is 18.1. The molecule has 4 nitrogen and oxygen atoms in total. The van der Waals surface area contributed by atoms with E-state index in [0.29, 0.717) is 15.5 Å². The van der Waals surface area contributed by atoms with Crippen molar-refractivity contribution >= 4 is 28.5 Å². The molecule has 3 aliphatic rings. The number of amidine groups is 1. The van der Waals surface area contributed by atoms with Gasteiger partial charge in [-0.1, -0.05) is 68.9 Å². The minimum absolute atomic E-state index is 0.0885. The topological polar surface area (TPSA) is 50.7 Å². The molecule has 29 heavy (non-hydrogen) atoms. The van der Waals surface area contributed by atoms with Crippen LogP contribution in [-0.2, 0) is 9.53 Å².